The first-order chi connectivity index (χ1) is 11.7. The van der Waals surface area contributed by atoms with Crippen LogP contribution < -0.4 is 0 Å². The van der Waals surface area contributed by atoms with E-state index in [9.17, 15) is 4.39 Å². The van der Waals surface area contributed by atoms with Crippen LogP contribution in [0.15, 0.2) is 18.2 Å². The van der Waals surface area contributed by atoms with Gasteiger partial charge < -0.3 is 9.72 Å². The number of H-pyrrole nitrogens is 1. The lowest BCUT2D eigenvalue weighted by molar-refractivity contribution is -0.0438. The van der Waals surface area contributed by atoms with Crippen molar-refractivity contribution in [2.24, 2.45) is 0 Å². The van der Waals surface area contributed by atoms with Crippen LogP contribution >= 0.6 is 0 Å². The zero-order valence-electron chi connectivity index (χ0n) is 14.2. The van der Waals surface area contributed by atoms with Crippen LogP contribution in [0, 0.1) is 5.82 Å². The Morgan fingerprint density at radius 1 is 1.29 bits per heavy atom. The maximum absolute atomic E-state index is 13.8. The molecule has 2 aliphatic rings. The largest absolute Gasteiger partial charge is 0.376 e. The first-order valence-electron chi connectivity index (χ1n) is 8.90. The first kappa shape index (κ1) is 16.0. The molecule has 1 atom stereocenters. The van der Waals surface area contributed by atoms with Crippen molar-refractivity contribution in [3.8, 4) is 0 Å². The van der Waals surface area contributed by atoms with E-state index in [0.717, 1.165) is 50.7 Å². The molecular weight excluding hydrogens is 307 g/mol. The number of morpholine rings is 1. The number of hydrogen-bond donors (Lipinski definition) is 1. The minimum Gasteiger partial charge on any atom is -0.376 e. The number of aromatic amines is 1. The summed E-state index contributed by atoms with van der Waals surface area (Å²) in [5.74, 6) is 0.601. The second-order valence-corrected chi connectivity index (χ2v) is 7.00. The quantitative estimate of drug-likeness (QED) is 0.937. The van der Waals surface area contributed by atoms with E-state index in [2.05, 4.69) is 26.7 Å². The summed E-state index contributed by atoms with van der Waals surface area (Å²) in [4.78, 5) is 12.7. The van der Waals surface area contributed by atoms with Gasteiger partial charge in [0.25, 0.3) is 0 Å². The number of nitrogens with zero attached hydrogens (tertiary/aromatic N) is 3. The zero-order valence-corrected chi connectivity index (χ0v) is 14.2. The molecule has 1 aromatic carbocycles. The molecule has 1 aromatic heterocycles. The van der Waals surface area contributed by atoms with Crippen LogP contribution in [0.1, 0.15) is 25.6 Å². The van der Waals surface area contributed by atoms with E-state index >= 15 is 0 Å². The summed E-state index contributed by atoms with van der Waals surface area (Å²) in [5.41, 5.74) is 1.23. The monoisotopic (exact) mass is 332 g/mol. The van der Waals surface area contributed by atoms with Crippen molar-refractivity contribution < 1.29 is 9.13 Å². The molecule has 0 unspecified atom stereocenters. The number of fused-ring (bicyclic) bond motifs is 1. The highest BCUT2D eigenvalue weighted by molar-refractivity contribution is 5.75. The topological polar surface area (TPSA) is 44.4 Å². The molecule has 0 spiro atoms. The molecule has 0 radical (unpaired) electrons. The molecule has 0 aliphatic carbocycles. The van der Waals surface area contributed by atoms with Crippen molar-refractivity contribution in [3.63, 3.8) is 0 Å². The highest BCUT2D eigenvalue weighted by atomic mass is 19.1. The van der Waals surface area contributed by atoms with Gasteiger partial charge in [0.15, 0.2) is 5.82 Å². The van der Waals surface area contributed by atoms with Crippen molar-refractivity contribution in [3.05, 3.63) is 29.8 Å². The number of halogens is 1. The molecule has 6 heteroatoms. The van der Waals surface area contributed by atoms with E-state index in [1.54, 1.807) is 6.07 Å². The van der Waals surface area contributed by atoms with Crippen LogP contribution in [0.2, 0.25) is 0 Å². The smallest absolute Gasteiger partial charge is 0.151 e. The summed E-state index contributed by atoms with van der Waals surface area (Å²) >= 11 is 0. The van der Waals surface area contributed by atoms with E-state index < -0.39 is 0 Å². The van der Waals surface area contributed by atoms with E-state index in [4.69, 9.17) is 4.74 Å². The molecule has 24 heavy (non-hydrogen) atoms. The maximum Gasteiger partial charge on any atom is 0.151 e. The minimum absolute atomic E-state index is 0.254. The van der Waals surface area contributed by atoms with E-state index in [-0.39, 0.29) is 5.82 Å². The summed E-state index contributed by atoms with van der Waals surface area (Å²) in [7, 11) is 0. The molecule has 1 N–H and O–H groups in total. The average Bonchev–Trinajstić information content (AvgIpc) is 2.99. The van der Waals surface area contributed by atoms with Crippen molar-refractivity contribution in [1.29, 1.82) is 0 Å². The predicted molar refractivity (Wildman–Crippen MR) is 91.3 cm³/mol. The lowest BCUT2D eigenvalue weighted by Gasteiger charge is -2.41. The standard InChI is InChI=1S/C18H25FN4O/c1-13-11-23(9-10-24-13)14-5-7-22(8-6-14)12-17-20-16-4-2-3-15(19)18(16)21-17/h2-4,13-14H,5-12H2,1H3,(H,20,21)/t13-/m0/s1. The van der Waals surface area contributed by atoms with E-state index in [1.165, 1.54) is 18.9 Å². The number of rotatable bonds is 3. The fourth-order valence-corrected chi connectivity index (χ4v) is 3.95. The number of aromatic nitrogens is 2. The number of para-hydroxylation sites is 1. The molecule has 5 nitrogen and oxygen atoms in total. The Kier molecular flexibility index (Phi) is 4.52. The summed E-state index contributed by atoms with van der Waals surface area (Å²) in [6.45, 7) is 8.01. The number of ether oxygens (including phenoxy) is 1. The van der Waals surface area contributed by atoms with Gasteiger partial charge in [-0.15, -0.1) is 0 Å². The molecule has 130 valence electrons. The Morgan fingerprint density at radius 2 is 2.12 bits per heavy atom. The van der Waals surface area contributed by atoms with Gasteiger partial charge in [0.2, 0.25) is 0 Å². The van der Waals surface area contributed by atoms with Crippen molar-refractivity contribution in [1.82, 2.24) is 19.8 Å². The summed E-state index contributed by atoms with van der Waals surface area (Å²) < 4.78 is 19.4. The molecule has 2 saturated heterocycles. The van der Waals surface area contributed by atoms with Gasteiger partial charge in [0.05, 0.1) is 24.8 Å². The van der Waals surface area contributed by atoms with Crippen LogP contribution in [0.3, 0.4) is 0 Å². The Morgan fingerprint density at radius 3 is 2.88 bits per heavy atom. The van der Waals surface area contributed by atoms with Crippen molar-refractivity contribution in [2.75, 3.05) is 32.8 Å². The summed E-state index contributed by atoms with van der Waals surface area (Å²) in [5, 5.41) is 0. The van der Waals surface area contributed by atoms with Gasteiger partial charge in [-0.1, -0.05) is 6.07 Å². The lowest BCUT2D eigenvalue weighted by atomic mass is 10.0. The molecule has 2 aromatic rings. The molecule has 2 fully saturated rings. The van der Waals surface area contributed by atoms with Gasteiger partial charge >= 0.3 is 0 Å². The molecule has 2 aliphatic heterocycles. The highest BCUT2D eigenvalue weighted by Crippen LogP contribution is 2.21. The number of hydrogen-bond acceptors (Lipinski definition) is 4. The zero-order chi connectivity index (χ0) is 16.5. The molecular formula is C18H25FN4O. The van der Waals surface area contributed by atoms with Crippen LogP contribution in [0.5, 0.6) is 0 Å². The van der Waals surface area contributed by atoms with Crippen molar-refractivity contribution >= 4 is 11.0 Å². The van der Waals surface area contributed by atoms with Gasteiger partial charge in [0, 0.05) is 32.2 Å². The highest BCUT2D eigenvalue weighted by Gasteiger charge is 2.28. The summed E-state index contributed by atoms with van der Waals surface area (Å²) in [6.07, 6.45) is 2.71. The lowest BCUT2D eigenvalue weighted by Crippen LogP contribution is -2.50. The molecule has 0 saturated carbocycles. The predicted octanol–water partition coefficient (Wildman–Crippen LogP) is 2.39. The number of benzene rings is 1. The Labute approximate surface area is 141 Å². The third-order valence-corrected chi connectivity index (χ3v) is 5.23. The number of likely N-dealkylation sites (tertiary alicyclic amines) is 1. The molecule has 0 bridgehead atoms. The minimum atomic E-state index is -0.254. The summed E-state index contributed by atoms with van der Waals surface area (Å²) in [6, 6.07) is 5.72. The second-order valence-electron chi connectivity index (χ2n) is 7.00. The van der Waals surface area contributed by atoms with Gasteiger partial charge in [-0.25, -0.2) is 9.37 Å². The first-order valence-corrected chi connectivity index (χ1v) is 8.90. The third kappa shape index (κ3) is 3.31. The van der Waals surface area contributed by atoms with Crippen molar-refractivity contribution in [2.45, 2.75) is 38.5 Å². The fraction of sp³-hybridized carbons (Fsp3) is 0.611. The fourth-order valence-electron chi connectivity index (χ4n) is 3.95. The Hall–Kier alpha value is -1.50. The van der Waals surface area contributed by atoms with Gasteiger partial charge in [-0.2, -0.15) is 0 Å². The Bertz CT molecular complexity index is 695. The van der Waals surface area contributed by atoms with Gasteiger partial charge in [0.1, 0.15) is 11.3 Å². The number of piperidine rings is 1. The SMILES string of the molecule is C[C@H]1CN(C2CCN(Cc3nc4c(F)cccc4[nH]3)CC2)CCO1. The van der Waals surface area contributed by atoms with Gasteiger partial charge in [-0.3, -0.25) is 9.80 Å². The van der Waals surface area contributed by atoms with E-state index in [0.29, 0.717) is 17.7 Å². The molecule has 0 amide bonds. The third-order valence-electron chi connectivity index (χ3n) is 5.23. The van der Waals surface area contributed by atoms with Crippen LogP contribution in [0.4, 0.5) is 4.39 Å². The average molecular weight is 332 g/mol. The van der Waals surface area contributed by atoms with Crippen LogP contribution in [0.25, 0.3) is 11.0 Å². The van der Waals surface area contributed by atoms with E-state index in [1.807, 2.05) is 6.07 Å². The molecule has 3 heterocycles. The number of nitrogens with one attached hydrogen (secondary N) is 1. The van der Waals surface area contributed by atoms with Crippen LogP contribution in [-0.4, -0.2) is 64.7 Å². The molecule has 4 rings (SSSR count). The number of imidazole rings is 1. The maximum atomic E-state index is 13.8. The normalized spacial score (nSPS) is 24.7. The second kappa shape index (κ2) is 6.78. The Balaban J connectivity index is 1.34. The van der Waals surface area contributed by atoms with Gasteiger partial charge in [-0.05, 0) is 31.9 Å². The van der Waals surface area contributed by atoms with Crippen LogP contribution in [-0.2, 0) is 11.3 Å².